The summed E-state index contributed by atoms with van der Waals surface area (Å²) in [4.78, 5) is 31.5. The van der Waals surface area contributed by atoms with E-state index in [2.05, 4.69) is 4.99 Å². The molecule has 1 aliphatic rings. The molecule has 182 valence electrons. The summed E-state index contributed by atoms with van der Waals surface area (Å²) in [6.07, 6.45) is 1.69. The van der Waals surface area contributed by atoms with Crippen LogP contribution in [0.5, 0.6) is 17.2 Å². The monoisotopic (exact) mass is 626 g/mol. The third-order valence-corrected chi connectivity index (χ3v) is 7.52. The number of aromatic hydroxyl groups is 1. The predicted octanol–water partition coefficient (Wildman–Crippen LogP) is 3.39. The molecule has 2 heterocycles. The first-order valence-corrected chi connectivity index (χ1v) is 12.5. The Morgan fingerprint density at radius 1 is 1.20 bits per heavy atom. The molecular weight excluding hydrogens is 607 g/mol. The number of halogens is 2. The minimum Gasteiger partial charge on any atom is -0.504 e. The average molecular weight is 627 g/mol. The number of nitrogens with zero attached hydrogens (tertiary/aromatic N) is 2. The molecule has 0 aliphatic carbocycles. The first kappa shape index (κ1) is 25.3. The molecule has 8 nitrogen and oxygen atoms in total. The highest BCUT2D eigenvalue weighted by Crippen LogP contribution is 2.37. The van der Waals surface area contributed by atoms with Crippen LogP contribution in [0.2, 0.25) is 5.02 Å². The second-order valence-corrected chi connectivity index (χ2v) is 10.1. The number of aromatic nitrogens is 1. The van der Waals surface area contributed by atoms with Gasteiger partial charge in [-0.15, -0.1) is 0 Å². The number of fused-ring (bicyclic) bond motifs is 1. The fourth-order valence-electron chi connectivity index (χ4n) is 3.89. The van der Waals surface area contributed by atoms with E-state index in [1.165, 1.54) is 37.2 Å². The van der Waals surface area contributed by atoms with Crippen molar-refractivity contribution in [3.63, 3.8) is 0 Å². The summed E-state index contributed by atoms with van der Waals surface area (Å²) in [6.45, 7) is 1.69. The van der Waals surface area contributed by atoms with Crippen LogP contribution in [0.1, 0.15) is 24.1 Å². The van der Waals surface area contributed by atoms with Gasteiger partial charge < -0.3 is 19.3 Å². The molecule has 0 bridgehead atoms. The molecule has 2 aromatic carbocycles. The highest BCUT2D eigenvalue weighted by Gasteiger charge is 2.35. The lowest BCUT2D eigenvalue weighted by Gasteiger charge is -2.25. The number of hydrogen-bond donors (Lipinski definition) is 1. The van der Waals surface area contributed by atoms with Crippen LogP contribution in [-0.2, 0) is 9.53 Å². The van der Waals surface area contributed by atoms with Gasteiger partial charge in [-0.05, 0) is 71.5 Å². The fraction of sp³-hybridized carbons (Fsp3) is 0.208. The van der Waals surface area contributed by atoms with Crippen molar-refractivity contribution in [2.45, 2.75) is 13.0 Å². The Morgan fingerprint density at radius 3 is 2.57 bits per heavy atom. The lowest BCUT2D eigenvalue weighted by molar-refractivity contribution is -0.136. The third-order valence-electron chi connectivity index (χ3n) is 5.48. The van der Waals surface area contributed by atoms with Crippen LogP contribution < -0.4 is 24.4 Å². The van der Waals surface area contributed by atoms with Gasteiger partial charge in [-0.25, -0.2) is 9.79 Å². The van der Waals surface area contributed by atoms with Crippen molar-refractivity contribution in [3.05, 3.63) is 81.0 Å². The molecule has 1 atom stereocenters. The van der Waals surface area contributed by atoms with Gasteiger partial charge in [0.1, 0.15) is 11.8 Å². The number of thiazole rings is 1. The van der Waals surface area contributed by atoms with Crippen LogP contribution >= 0.6 is 45.5 Å². The predicted molar refractivity (Wildman–Crippen MR) is 141 cm³/mol. The zero-order chi connectivity index (χ0) is 25.4. The molecule has 4 rings (SSSR count). The number of esters is 1. The van der Waals surface area contributed by atoms with Gasteiger partial charge in [-0.2, -0.15) is 0 Å². The molecule has 0 fully saturated rings. The molecule has 0 saturated carbocycles. The topological polar surface area (TPSA) is 99.4 Å². The maximum Gasteiger partial charge on any atom is 0.338 e. The Morgan fingerprint density at radius 2 is 1.91 bits per heavy atom. The molecule has 0 amide bonds. The number of allylic oxidation sites excluding steroid dienone is 1. The summed E-state index contributed by atoms with van der Waals surface area (Å²) in [7, 11) is 4.24. The molecule has 0 spiro atoms. The third kappa shape index (κ3) is 4.57. The van der Waals surface area contributed by atoms with E-state index in [1.54, 1.807) is 43.3 Å². The Bertz CT molecular complexity index is 1560. The van der Waals surface area contributed by atoms with Crippen molar-refractivity contribution in [2.75, 3.05) is 21.3 Å². The number of rotatable bonds is 5. The maximum absolute atomic E-state index is 13.7. The quantitative estimate of drug-likeness (QED) is 0.345. The van der Waals surface area contributed by atoms with Gasteiger partial charge in [0.25, 0.3) is 5.56 Å². The van der Waals surface area contributed by atoms with E-state index < -0.39 is 12.0 Å². The normalized spacial score (nSPS) is 15.5. The molecule has 0 unspecified atom stereocenters. The lowest BCUT2D eigenvalue weighted by atomic mass is 9.95. The van der Waals surface area contributed by atoms with E-state index in [4.69, 9.17) is 25.8 Å². The second kappa shape index (κ2) is 10.0. The first-order chi connectivity index (χ1) is 16.7. The van der Waals surface area contributed by atoms with E-state index in [0.717, 1.165) is 0 Å². The Kier molecular flexibility index (Phi) is 7.25. The largest absolute Gasteiger partial charge is 0.504 e. The van der Waals surface area contributed by atoms with Gasteiger partial charge >= 0.3 is 5.97 Å². The number of benzene rings is 2. The lowest BCUT2D eigenvalue weighted by Crippen LogP contribution is -2.40. The number of phenolic OH excluding ortho intramolecular Hbond substituents is 1. The molecule has 35 heavy (non-hydrogen) atoms. The standard InChI is InChI=1S/C24H20ClIN2O6S/c1-11-19(23(31)34-4)20(14-10-13(25)5-6-16(14)32-2)28-22(30)18(35-24(28)27-11)9-12-7-15(26)21(29)17(8-12)33-3/h5-10,20,29H,1-4H3/b18-9-/t20-/m1/s1. The van der Waals surface area contributed by atoms with Crippen molar-refractivity contribution in [2.24, 2.45) is 4.99 Å². The van der Waals surface area contributed by atoms with Gasteiger partial charge in [-0.3, -0.25) is 9.36 Å². The highest BCUT2D eigenvalue weighted by atomic mass is 127. The number of phenols is 1. The van der Waals surface area contributed by atoms with Crippen LogP contribution in [0.4, 0.5) is 0 Å². The molecule has 0 radical (unpaired) electrons. The van der Waals surface area contributed by atoms with E-state index in [-0.39, 0.29) is 16.9 Å². The first-order valence-electron chi connectivity index (χ1n) is 10.2. The van der Waals surface area contributed by atoms with Crippen molar-refractivity contribution in [1.29, 1.82) is 0 Å². The number of methoxy groups -OCH3 is 3. The Balaban J connectivity index is 2.02. The van der Waals surface area contributed by atoms with Crippen molar-refractivity contribution in [3.8, 4) is 17.2 Å². The van der Waals surface area contributed by atoms with Crippen LogP contribution in [0.25, 0.3) is 6.08 Å². The number of carbonyl (C=O) groups is 1. The molecule has 1 aliphatic heterocycles. The van der Waals surface area contributed by atoms with Gasteiger partial charge in [0.2, 0.25) is 0 Å². The minimum atomic E-state index is -0.857. The minimum absolute atomic E-state index is 0.0260. The van der Waals surface area contributed by atoms with E-state index in [1.807, 2.05) is 22.6 Å². The summed E-state index contributed by atoms with van der Waals surface area (Å²) in [6, 6.07) is 7.53. The number of carbonyl (C=O) groups excluding carboxylic acids is 1. The Hall–Kier alpha value is -2.83. The van der Waals surface area contributed by atoms with Crippen LogP contribution in [-0.4, -0.2) is 37.0 Å². The zero-order valence-electron chi connectivity index (χ0n) is 19.1. The molecule has 11 heteroatoms. The van der Waals surface area contributed by atoms with E-state index in [9.17, 15) is 14.7 Å². The molecule has 3 aromatic rings. The van der Waals surface area contributed by atoms with Gasteiger partial charge in [0, 0.05) is 10.6 Å². The van der Waals surface area contributed by atoms with Crippen LogP contribution in [0.15, 0.2) is 51.4 Å². The molecule has 1 aromatic heterocycles. The van der Waals surface area contributed by atoms with Gasteiger partial charge in [-0.1, -0.05) is 22.9 Å². The molecule has 0 saturated heterocycles. The smallest absolute Gasteiger partial charge is 0.338 e. The SMILES string of the molecule is COC(=O)C1=C(C)N=c2s/c(=C\c3cc(I)c(O)c(OC)c3)c(=O)n2[C@@H]1c1cc(Cl)ccc1OC. The van der Waals surface area contributed by atoms with E-state index >= 15 is 0 Å². The number of hydrogen-bond acceptors (Lipinski definition) is 8. The van der Waals surface area contributed by atoms with Crippen LogP contribution in [0, 0.1) is 3.57 Å². The van der Waals surface area contributed by atoms with Crippen molar-refractivity contribution < 1.29 is 24.1 Å². The fourth-order valence-corrected chi connectivity index (χ4v) is 5.74. The van der Waals surface area contributed by atoms with Crippen LogP contribution in [0.3, 0.4) is 0 Å². The average Bonchev–Trinajstić information content (AvgIpc) is 3.14. The summed E-state index contributed by atoms with van der Waals surface area (Å²) in [5, 5.41) is 10.6. The maximum atomic E-state index is 13.7. The van der Waals surface area contributed by atoms with Crippen molar-refractivity contribution >= 4 is 57.6 Å². The van der Waals surface area contributed by atoms with Gasteiger partial charge in [0.05, 0.1) is 40.7 Å². The van der Waals surface area contributed by atoms with Crippen molar-refractivity contribution in [1.82, 2.24) is 4.57 Å². The van der Waals surface area contributed by atoms with E-state index in [0.29, 0.717) is 46.2 Å². The Labute approximate surface area is 222 Å². The summed E-state index contributed by atoms with van der Waals surface area (Å²) in [5.74, 6) is 0.174. The second-order valence-electron chi connectivity index (χ2n) is 7.51. The number of ether oxygens (including phenoxy) is 3. The summed E-state index contributed by atoms with van der Waals surface area (Å²) < 4.78 is 18.2. The molecular formula is C24H20ClIN2O6S. The molecule has 1 N–H and O–H groups in total. The van der Waals surface area contributed by atoms with Gasteiger partial charge in [0.15, 0.2) is 16.3 Å². The highest BCUT2D eigenvalue weighted by molar-refractivity contribution is 14.1. The summed E-state index contributed by atoms with van der Waals surface area (Å²) in [5.41, 5.74) is 1.49. The summed E-state index contributed by atoms with van der Waals surface area (Å²) >= 11 is 9.47. The zero-order valence-corrected chi connectivity index (χ0v) is 22.8.